The van der Waals surface area contributed by atoms with Crippen molar-refractivity contribution < 1.29 is 8.78 Å². The Morgan fingerprint density at radius 1 is 1.00 bits per heavy atom. The van der Waals surface area contributed by atoms with Crippen molar-refractivity contribution in [3.8, 4) is 0 Å². The summed E-state index contributed by atoms with van der Waals surface area (Å²) in [6, 6.07) is 10.8. The third-order valence-corrected chi connectivity index (χ3v) is 3.15. The van der Waals surface area contributed by atoms with Gasteiger partial charge in [-0.05, 0) is 42.4 Å². The molecule has 0 spiro atoms. The highest BCUT2D eigenvalue weighted by atomic mass is 35.5. The zero-order chi connectivity index (χ0) is 13.8. The minimum Gasteiger partial charge on any atom is -0.298 e. The summed E-state index contributed by atoms with van der Waals surface area (Å²) >= 11 is 5.98. The minimum atomic E-state index is -0.346. The molecule has 2 aromatic rings. The van der Waals surface area contributed by atoms with Crippen LogP contribution in [0.1, 0.15) is 11.1 Å². The second-order valence-corrected chi connectivity index (χ2v) is 4.95. The Hall–Kier alpha value is -1.45. The molecule has 0 radical (unpaired) electrons. The van der Waals surface area contributed by atoms with Crippen LogP contribution in [0.15, 0.2) is 42.5 Å². The summed E-state index contributed by atoms with van der Waals surface area (Å²) < 4.78 is 26.0. The molecule has 0 bridgehead atoms. The highest BCUT2D eigenvalue weighted by Crippen LogP contribution is 2.19. The van der Waals surface area contributed by atoms with Crippen molar-refractivity contribution in [1.82, 2.24) is 4.90 Å². The average Bonchev–Trinajstić information content (AvgIpc) is 2.33. The Labute approximate surface area is 116 Å². The number of halogens is 3. The Bertz CT molecular complexity index is 572. The molecule has 0 aliphatic heterocycles. The van der Waals surface area contributed by atoms with Gasteiger partial charge in [-0.3, -0.25) is 4.90 Å². The van der Waals surface area contributed by atoms with E-state index in [0.717, 1.165) is 11.1 Å². The molecule has 0 saturated carbocycles. The topological polar surface area (TPSA) is 3.24 Å². The zero-order valence-corrected chi connectivity index (χ0v) is 11.3. The van der Waals surface area contributed by atoms with E-state index in [1.807, 2.05) is 18.0 Å². The van der Waals surface area contributed by atoms with Crippen LogP contribution in [0.5, 0.6) is 0 Å². The van der Waals surface area contributed by atoms with Gasteiger partial charge in [-0.25, -0.2) is 8.78 Å². The molecule has 0 saturated heterocycles. The summed E-state index contributed by atoms with van der Waals surface area (Å²) in [4.78, 5) is 1.99. The van der Waals surface area contributed by atoms with Crippen molar-refractivity contribution in [3.05, 3.63) is 70.2 Å². The molecule has 19 heavy (non-hydrogen) atoms. The van der Waals surface area contributed by atoms with Crippen molar-refractivity contribution in [3.63, 3.8) is 0 Å². The van der Waals surface area contributed by atoms with Gasteiger partial charge in [0.05, 0.1) is 0 Å². The van der Waals surface area contributed by atoms with Crippen LogP contribution in [0.25, 0.3) is 0 Å². The first-order chi connectivity index (χ1) is 9.04. The summed E-state index contributed by atoms with van der Waals surface area (Å²) in [5, 5.41) is 0.408. The van der Waals surface area contributed by atoms with Gasteiger partial charge in [0.25, 0.3) is 0 Å². The Morgan fingerprint density at radius 3 is 2.42 bits per heavy atom. The molecule has 0 aromatic heterocycles. The van der Waals surface area contributed by atoms with E-state index in [9.17, 15) is 8.78 Å². The van der Waals surface area contributed by atoms with Crippen LogP contribution < -0.4 is 0 Å². The summed E-state index contributed by atoms with van der Waals surface area (Å²) in [7, 11) is 1.91. The average molecular weight is 282 g/mol. The predicted octanol–water partition coefficient (Wildman–Crippen LogP) is 4.25. The molecule has 4 heteroatoms. The highest BCUT2D eigenvalue weighted by molar-refractivity contribution is 6.31. The van der Waals surface area contributed by atoms with E-state index in [1.54, 1.807) is 12.1 Å². The summed E-state index contributed by atoms with van der Waals surface area (Å²) in [6.07, 6.45) is 0. The molecule has 0 fully saturated rings. The van der Waals surface area contributed by atoms with E-state index in [-0.39, 0.29) is 11.6 Å². The van der Waals surface area contributed by atoms with Gasteiger partial charge in [0.15, 0.2) is 0 Å². The molecular formula is C15H14ClF2N. The number of rotatable bonds is 4. The zero-order valence-electron chi connectivity index (χ0n) is 10.5. The molecule has 100 valence electrons. The molecule has 0 aliphatic rings. The Kier molecular flexibility index (Phi) is 4.51. The van der Waals surface area contributed by atoms with Gasteiger partial charge in [0, 0.05) is 18.1 Å². The van der Waals surface area contributed by atoms with Crippen LogP contribution in [-0.4, -0.2) is 11.9 Å². The smallest absolute Gasteiger partial charge is 0.124 e. The minimum absolute atomic E-state index is 0.245. The van der Waals surface area contributed by atoms with Gasteiger partial charge in [0.1, 0.15) is 11.6 Å². The van der Waals surface area contributed by atoms with E-state index in [4.69, 9.17) is 11.6 Å². The van der Waals surface area contributed by atoms with Gasteiger partial charge < -0.3 is 0 Å². The lowest BCUT2D eigenvalue weighted by Gasteiger charge is -2.17. The fourth-order valence-electron chi connectivity index (χ4n) is 1.94. The molecule has 2 aromatic carbocycles. The Balaban J connectivity index is 2.03. The van der Waals surface area contributed by atoms with Crippen LogP contribution >= 0.6 is 11.6 Å². The lowest BCUT2D eigenvalue weighted by atomic mass is 10.1. The van der Waals surface area contributed by atoms with Gasteiger partial charge in [0.2, 0.25) is 0 Å². The maximum absolute atomic E-state index is 13.1. The molecule has 0 heterocycles. The quantitative estimate of drug-likeness (QED) is 0.810. The molecule has 0 atom stereocenters. The van der Waals surface area contributed by atoms with Crippen molar-refractivity contribution in [2.24, 2.45) is 0 Å². The summed E-state index contributed by atoms with van der Waals surface area (Å²) in [6.45, 7) is 1.18. The largest absolute Gasteiger partial charge is 0.298 e. The number of benzene rings is 2. The lowest BCUT2D eigenvalue weighted by Crippen LogP contribution is -2.17. The number of nitrogens with zero attached hydrogens (tertiary/aromatic N) is 1. The fraction of sp³-hybridized carbons (Fsp3) is 0.200. The third kappa shape index (κ3) is 4.01. The maximum atomic E-state index is 13.1. The highest BCUT2D eigenvalue weighted by Gasteiger charge is 2.06. The summed E-state index contributed by atoms with van der Waals surface area (Å²) in [5.74, 6) is -0.591. The molecule has 0 amide bonds. The van der Waals surface area contributed by atoms with E-state index in [2.05, 4.69) is 0 Å². The van der Waals surface area contributed by atoms with Crippen molar-refractivity contribution in [1.29, 1.82) is 0 Å². The van der Waals surface area contributed by atoms with E-state index >= 15 is 0 Å². The second-order valence-electron chi connectivity index (χ2n) is 4.54. The summed E-state index contributed by atoms with van der Waals surface area (Å²) in [5.41, 5.74) is 1.74. The van der Waals surface area contributed by atoms with Crippen LogP contribution in [-0.2, 0) is 13.1 Å². The lowest BCUT2D eigenvalue weighted by molar-refractivity contribution is 0.318. The number of hydrogen-bond donors (Lipinski definition) is 0. The fourth-order valence-corrected chi connectivity index (χ4v) is 2.17. The third-order valence-electron chi connectivity index (χ3n) is 2.80. The second kappa shape index (κ2) is 6.13. The molecule has 0 N–H and O–H groups in total. The number of hydrogen-bond acceptors (Lipinski definition) is 1. The van der Waals surface area contributed by atoms with Gasteiger partial charge in [-0.15, -0.1) is 0 Å². The van der Waals surface area contributed by atoms with Crippen molar-refractivity contribution in [2.45, 2.75) is 13.1 Å². The maximum Gasteiger partial charge on any atom is 0.124 e. The normalized spacial score (nSPS) is 11.0. The van der Waals surface area contributed by atoms with E-state index in [0.29, 0.717) is 18.1 Å². The van der Waals surface area contributed by atoms with Gasteiger partial charge >= 0.3 is 0 Å². The van der Waals surface area contributed by atoms with Crippen LogP contribution in [0.4, 0.5) is 8.78 Å². The molecule has 0 aliphatic carbocycles. The van der Waals surface area contributed by atoms with Gasteiger partial charge in [-0.1, -0.05) is 29.8 Å². The van der Waals surface area contributed by atoms with E-state index in [1.165, 1.54) is 24.3 Å². The van der Waals surface area contributed by atoms with Crippen molar-refractivity contribution >= 4 is 11.6 Å². The molecule has 0 unspecified atom stereocenters. The van der Waals surface area contributed by atoms with Crippen molar-refractivity contribution in [2.75, 3.05) is 7.05 Å². The predicted molar refractivity (Wildman–Crippen MR) is 73.0 cm³/mol. The van der Waals surface area contributed by atoms with Crippen LogP contribution in [0.3, 0.4) is 0 Å². The standard InChI is InChI=1S/C15H14ClF2N/c1-19(9-11-3-2-4-13(17)7-11)10-12-5-6-14(18)8-15(12)16/h2-8H,9-10H2,1H3. The monoisotopic (exact) mass is 281 g/mol. The van der Waals surface area contributed by atoms with Gasteiger partial charge in [-0.2, -0.15) is 0 Å². The first-order valence-electron chi connectivity index (χ1n) is 5.91. The van der Waals surface area contributed by atoms with Crippen LogP contribution in [0.2, 0.25) is 5.02 Å². The first kappa shape index (κ1) is 14.0. The molecule has 1 nitrogen and oxygen atoms in total. The SMILES string of the molecule is CN(Cc1cccc(F)c1)Cc1ccc(F)cc1Cl. The molecular weight excluding hydrogens is 268 g/mol. The van der Waals surface area contributed by atoms with E-state index < -0.39 is 0 Å². The first-order valence-corrected chi connectivity index (χ1v) is 6.29. The van der Waals surface area contributed by atoms with Crippen LogP contribution in [0, 0.1) is 11.6 Å². The molecule has 2 rings (SSSR count). The Morgan fingerprint density at radius 2 is 1.74 bits per heavy atom.